The third kappa shape index (κ3) is 5.69. The van der Waals surface area contributed by atoms with Gasteiger partial charge in [-0.1, -0.05) is 12.1 Å². The molecule has 2 heterocycles. The number of benzene rings is 3. The Morgan fingerprint density at radius 3 is 2.42 bits per heavy atom. The van der Waals surface area contributed by atoms with Crippen molar-refractivity contribution < 1.29 is 9.69 Å². The van der Waals surface area contributed by atoms with Gasteiger partial charge in [0, 0.05) is 4.88 Å². The molecule has 0 bridgehead atoms. The van der Waals surface area contributed by atoms with Crippen molar-refractivity contribution in [2.24, 2.45) is 0 Å². The summed E-state index contributed by atoms with van der Waals surface area (Å²) >= 11 is 1.65. The van der Waals surface area contributed by atoms with Gasteiger partial charge in [-0.25, -0.2) is 0 Å². The van der Waals surface area contributed by atoms with Crippen LogP contribution in [-0.2, 0) is 6.42 Å². The molecule has 0 spiro atoms. The predicted molar refractivity (Wildman–Crippen MR) is 155 cm³/mol. The third-order valence-electron chi connectivity index (χ3n) is 7.03. The summed E-state index contributed by atoms with van der Waals surface area (Å²) in [6, 6.07) is 27.8. The van der Waals surface area contributed by atoms with Gasteiger partial charge in [-0.2, -0.15) is 0 Å². The number of hydrogen-bond acceptors (Lipinski definition) is 5. The van der Waals surface area contributed by atoms with E-state index in [1.165, 1.54) is 5.56 Å². The second kappa shape index (κ2) is 10.9. The summed E-state index contributed by atoms with van der Waals surface area (Å²) in [7, 11) is -2.33. The van der Waals surface area contributed by atoms with Gasteiger partial charge in [0.1, 0.15) is 0 Å². The van der Waals surface area contributed by atoms with Gasteiger partial charge in [-0.05, 0) is 29.1 Å². The van der Waals surface area contributed by atoms with E-state index in [9.17, 15) is 9.69 Å². The summed E-state index contributed by atoms with van der Waals surface area (Å²) in [5, 5.41) is 6.15. The molecule has 4 N–H and O–H groups in total. The maximum absolute atomic E-state index is 12.9. The van der Waals surface area contributed by atoms with Crippen LogP contribution in [0.4, 0.5) is 11.4 Å². The second-order valence-corrected chi connectivity index (χ2v) is 14.0. The Bertz CT molecular complexity index is 1300. The van der Waals surface area contributed by atoms with E-state index in [0.29, 0.717) is 16.9 Å². The average molecular weight is 518 g/mol. The van der Waals surface area contributed by atoms with Gasteiger partial charge < -0.3 is 5.73 Å². The van der Waals surface area contributed by atoms with E-state index in [2.05, 4.69) is 28.4 Å². The van der Waals surface area contributed by atoms with E-state index < -0.39 is 7.49 Å². The Balaban J connectivity index is 1.14. The Hall–Kier alpha value is -3.02. The van der Waals surface area contributed by atoms with Crippen LogP contribution in [0.5, 0.6) is 0 Å². The van der Waals surface area contributed by atoms with Gasteiger partial charge in [0.2, 0.25) is 0 Å². The third-order valence-corrected chi connectivity index (χ3v) is 11.5. The summed E-state index contributed by atoms with van der Waals surface area (Å²) in [5.74, 6) is -0.169. The molecule has 1 amide bonds. The van der Waals surface area contributed by atoms with Gasteiger partial charge >= 0.3 is 148 Å². The number of nitrogens with two attached hydrogens (primary N) is 1. The number of anilines is 2. The fraction of sp³-hybridized carbons (Fsp3) is 0.207. The van der Waals surface area contributed by atoms with E-state index in [-0.39, 0.29) is 5.91 Å². The van der Waals surface area contributed by atoms with Crippen LogP contribution in [0, 0.1) is 0 Å². The summed E-state index contributed by atoms with van der Waals surface area (Å²) in [4.78, 5) is 27.6. The molecular weight excluding hydrogens is 485 g/mol. The molecule has 0 aliphatic carbocycles. The standard InChI is InChI=1S/C29H32N3O2PS/c30-26-13-12-24(28-7-4-20-36-28)21-27(26)31-29(33)23-10-8-22(9-11-23)14-15-32-16-18-35(34,19-17-32)25-5-2-1-3-6-25/h1-13,20-21,34-35H,14-19,30H2,(H,31,33). The molecule has 1 aliphatic heterocycles. The normalized spacial score (nSPS) is 16.4. The average Bonchev–Trinajstić information content (AvgIpc) is 3.46. The molecule has 0 saturated carbocycles. The zero-order chi connectivity index (χ0) is 25.0. The van der Waals surface area contributed by atoms with Crippen molar-refractivity contribution in [3.63, 3.8) is 0 Å². The fourth-order valence-corrected chi connectivity index (χ4v) is 8.49. The number of carbonyl (C=O) groups is 1. The predicted octanol–water partition coefficient (Wildman–Crippen LogP) is 5.09. The van der Waals surface area contributed by atoms with Crippen LogP contribution in [0.3, 0.4) is 0 Å². The van der Waals surface area contributed by atoms with Crippen LogP contribution in [0.25, 0.3) is 10.4 Å². The number of amides is 1. The number of nitrogen functional groups attached to an aromatic ring is 1. The van der Waals surface area contributed by atoms with Crippen molar-refractivity contribution >= 4 is 41.4 Å². The van der Waals surface area contributed by atoms with E-state index in [0.717, 1.165) is 54.1 Å². The second-order valence-electron chi connectivity index (χ2n) is 9.42. The quantitative estimate of drug-likeness (QED) is 0.236. The van der Waals surface area contributed by atoms with Crippen LogP contribution in [0.15, 0.2) is 90.3 Å². The van der Waals surface area contributed by atoms with Gasteiger partial charge in [0.05, 0.1) is 5.69 Å². The molecule has 1 aliphatic rings. The molecule has 1 aromatic heterocycles. The molecule has 36 heavy (non-hydrogen) atoms. The first kappa shape index (κ1) is 24.7. The Kier molecular flexibility index (Phi) is 7.49. The van der Waals surface area contributed by atoms with Crippen LogP contribution in [0.1, 0.15) is 15.9 Å². The number of rotatable bonds is 7. The van der Waals surface area contributed by atoms with E-state index in [4.69, 9.17) is 5.73 Å². The molecule has 4 aromatic rings. The number of thiophene rings is 1. The van der Waals surface area contributed by atoms with E-state index >= 15 is 0 Å². The first-order valence-electron chi connectivity index (χ1n) is 12.3. The van der Waals surface area contributed by atoms with Gasteiger partial charge in [-0.15, -0.1) is 11.3 Å². The van der Waals surface area contributed by atoms with Gasteiger partial charge in [-0.3, -0.25) is 0 Å². The minimum absolute atomic E-state index is 0.169. The van der Waals surface area contributed by atoms with Crippen molar-refractivity contribution in [3.05, 3.63) is 101 Å². The van der Waals surface area contributed by atoms with Crippen molar-refractivity contribution in [2.45, 2.75) is 6.42 Å². The molecule has 0 atom stereocenters. The van der Waals surface area contributed by atoms with Crippen LogP contribution >= 0.6 is 18.8 Å². The van der Waals surface area contributed by atoms with Crippen LogP contribution < -0.4 is 16.4 Å². The molecule has 5 rings (SSSR count). The van der Waals surface area contributed by atoms with Crippen molar-refractivity contribution in [2.75, 3.05) is 43.0 Å². The minimum atomic E-state index is -2.33. The van der Waals surface area contributed by atoms with Crippen molar-refractivity contribution in [3.8, 4) is 10.4 Å². The molecule has 0 unspecified atom stereocenters. The molecule has 5 nitrogen and oxygen atoms in total. The summed E-state index contributed by atoms with van der Waals surface area (Å²) in [5.41, 5.74) is 10.1. The monoisotopic (exact) mass is 517 g/mol. The Morgan fingerprint density at radius 2 is 1.72 bits per heavy atom. The molecule has 3 aromatic carbocycles. The van der Waals surface area contributed by atoms with Gasteiger partial charge in [0.15, 0.2) is 0 Å². The number of nitrogens with one attached hydrogen (secondary N) is 1. The van der Waals surface area contributed by atoms with Crippen molar-refractivity contribution in [1.82, 2.24) is 4.90 Å². The molecule has 7 heteroatoms. The van der Waals surface area contributed by atoms with E-state index in [1.807, 2.05) is 72.1 Å². The molecule has 0 radical (unpaired) electrons. The zero-order valence-electron chi connectivity index (χ0n) is 20.2. The summed E-state index contributed by atoms with van der Waals surface area (Å²) in [6.07, 6.45) is 2.68. The topological polar surface area (TPSA) is 78.6 Å². The SMILES string of the molecule is Nc1ccc(-c2cccs2)cc1NC(=O)c1ccc(CCN2CC[PH](O)(c3ccccc3)CC2)cc1. The van der Waals surface area contributed by atoms with Crippen LogP contribution in [-0.4, -0.2) is 47.7 Å². The zero-order valence-corrected chi connectivity index (χ0v) is 22.0. The molecular formula is C29H32N3O2PS. The number of carbonyl (C=O) groups excluding carboxylic acids is 1. The van der Waals surface area contributed by atoms with Crippen LogP contribution in [0.2, 0.25) is 0 Å². The van der Waals surface area contributed by atoms with Gasteiger partial charge in [0.25, 0.3) is 0 Å². The van der Waals surface area contributed by atoms with E-state index in [1.54, 1.807) is 11.3 Å². The van der Waals surface area contributed by atoms with Crippen molar-refractivity contribution in [1.29, 1.82) is 0 Å². The number of hydrogen-bond donors (Lipinski definition) is 3. The Labute approximate surface area is 217 Å². The molecule has 1 fully saturated rings. The molecule has 1 saturated heterocycles. The molecule has 186 valence electrons. The first-order valence-corrected chi connectivity index (χ1v) is 15.6. The number of nitrogens with zero attached hydrogens (tertiary/aromatic N) is 1. The Morgan fingerprint density at radius 1 is 0.972 bits per heavy atom. The summed E-state index contributed by atoms with van der Waals surface area (Å²) < 4.78 is 0. The maximum atomic E-state index is 12.9. The summed E-state index contributed by atoms with van der Waals surface area (Å²) in [6.45, 7) is 2.82. The first-order chi connectivity index (χ1) is 17.5. The fourth-order valence-electron chi connectivity index (χ4n) is 4.75.